The lowest BCUT2D eigenvalue weighted by Gasteiger charge is -2.15. The Morgan fingerprint density at radius 3 is 2.37 bits per heavy atom. The lowest BCUT2D eigenvalue weighted by molar-refractivity contribution is -0.115. The molecule has 8 heteroatoms. The monoisotopic (exact) mass is 484 g/mol. The second-order valence-corrected chi connectivity index (χ2v) is 9.34. The molecule has 1 unspecified atom stereocenters. The van der Waals surface area contributed by atoms with Gasteiger partial charge in [-0.1, -0.05) is 46.7 Å². The Kier molecular flexibility index (Phi) is 7.18. The van der Waals surface area contributed by atoms with Crippen LogP contribution in [0.2, 0.25) is 0 Å². The fourth-order valence-corrected chi connectivity index (χ4v) is 4.38. The molecular weight excluding hydrogens is 460 g/mol. The number of ether oxygens (including phenoxy) is 1. The highest BCUT2D eigenvalue weighted by Crippen LogP contribution is 2.36. The number of rotatable bonds is 7. The number of anilines is 1. The first-order valence-electron chi connectivity index (χ1n) is 11.0. The quantitative estimate of drug-likeness (QED) is 0.320. The van der Waals surface area contributed by atoms with Crippen LogP contribution in [0.25, 0.3) is 22.4 Å². The molecule has 7 nitrogen and oxygen atoms in total. The second kappa shape index (κ2) is 10.5. The van der Waals surface area contributed by atoms with Gasteiger partial charge in [-0.3, -0.25) is 4.79 Å². The van der Waals surface area contributed by atoms with Crippen LogP contribution in [-0.4, -0.2) is 28.4 Å². The molecule has 4 rings (SSSR count). The van der Waals surface area contributed by atoms with E-state index in [1.165, 1.54) is 11.8 Å². The van der Waals surface area contributed by atoms with Crippen LogP contribution < -0.4 is 10.1 Å². The van der Waals surface area contributed by atoms with Crippen LogP contribution in [-0.2, 0) is 4.79 Å². The second-order valence-electron chi connectivity index (χ2n) is 8.01. The number of nitriles is 1. The highest BCUT2D eigenvalue weighted by atomic mass is 32.2. The Bertz CT molecular complexity index is 1390. The number of thioether (sulfide) groups is 1. The van der Waals surface area contributed by atoms with E-state index < -0.39 is 5.25 Å². The van der Waals surface area contributed by atoms with Gasteiger partial charge in [0.05, 0.1) is 23.6 Å². The van der Waals surface area contributed by atoms with Crippen LogP contribution in [0.3, 0.4) is 0 Å². The van der Waals surface area contributed by atoms with Crippen molar-refractivity contribution in [1.29, 1.82) is 5.26 Å². The molecule has 2 heterocycles. The highest BCUT2D eigenvalue weighted by molar-refractivity contribution is 8.00. The third-order valence-corrected chi connectivity index (χ3v) is 6.47. The topological polar surface area (TPSA) is 101 Å². The number of carbonyl (C=O) groups is 1. The van der Waals surface area contributed by atoms with Crippen molar-refractivity contribution in [3.05, 3.63) is 77.6 Å². The van der Waals surface area contributed by atoms with Crippen molar-refractivity contribution < 1.29 is 14.1 Å². The highest BCUT2D eigenvalue weighted by Gasteiger charge is 2.22. The van der Waals surface area contributed by atoms with Crippen molar-refractivity contribution in [1.82, 2.24) is 10.1 Å². The molecule has 0 saturated heterocycles. The SMILES string of the molecule is COc1ccc(-c2cc(-c3ccc(C)cc3)c(C#N)c(SC(C)C(=O)Nc3cc(C)on3)n2)cc1. The molecule has 0 bridgehead atoms. The van der Waals surface area contributed by atoms with Gasteiger partial charge in [0.15, 0.2) is 5.82 Å². The van der Waals surface area contributed by atoms with Gasteiger partial charge in [0.1, 0.15) is 22.6 Å². The van der Waals surface area contributed by atoms with E-state index in [1.54, 1.807) is 27.0 Å². The van der Waals surface area contributed by atoms with E-state index in [0.29, 0.717) is 27.9 Å². The van der Waals surface area contributed by atoms with E-state index in [9.17, 15) is 10.1 Å². The maximum absolute atomic E-state index is 12.8. The Morgan fingerprint density at radius 1 is 1.09 bits per heavy atom. The molecule has 2 aromatic carbocycles. The summed E-state index contributed by atoms with van der Waals surface area (Å²) in [6, 6.07) is 21.4. The number of pyridine rings is 1. The molecule has 0 aliphatic rings. The summed E-state index contributed by atoms with van der Waals surface area (Å²) in [5, 5.41) is 16.6. The summed E-state index contributed by atoms with van der Waals surface area (Å²) in [5.74, 6) is 1.43. The van der Waals surface area contributed by atoms with Gasteiger partial charge < -0.3 is 14.6 Å². The minimum Gasteiger partial charge on any atom is -0.497 e. The van der Waals surface area contributed by atoms with Crippen LogP contribution in [0.4, 0.5) is 5.82 Å². The molecule has 2 aromatic heterocycles. The third kappa shape index (κ3) is 5.53. The summed E-state index contributed by atoms with van der Waals surface area (Å²) in [7, 11) is 1.62. The van der Waals surface area contributed by atoms with Crippen LogP contribution in [0.15, 0.2) is 70.2 Å². The van der Waals surface area contributed by atoms with Gasteiger partial charge in [-0.2, -0.15) is 5.26 Å². The molecule has 0 aliphatic carbocycles. The van der Waals surface area contributed by atoms with Gasteiger partial charge in [0.25, 0.3) is 0 Å². The largest absolute Gasteiger partial charge is 0.497 e. The van der Waals surface area contributed by atoms with Crippen molar-refractivity contribution in [2.75, 3.05) is 12.4 Å². The molecule has 0 radical (unpaired) electrons. The summed E-state index contributed by atoms with van der Waals surface area (Å²) < 4.78 is 10.3. The van der Waals surface area contributed by atoms with Gasteiger partial charge in [0, 0.05) is 17.2 Å². The smallest absolute Gasteiger partial charge is 0.238 e. The maximum atomic E-state index is 12.8. The van der Waals surface area contributed by atoms with Crippen molar-refractivity contribution in [2.24, 2.45) is 0 Å². The number of hydrogen-bond donors (Lipinski definition) is 1. The lowest BCUT2D eigenvalue weighted by atomic mass is 9.98. The van der Waals surface area contributed by atoms with Crippen molar-refractivity contribution in [2.45, 2.75) is 31.0 Å². The van der Waals surface area contributed by atoms with Gasteiger partial charge in [-0.15, -0.1) is 0 Å². The lowest BCUT2D eigenvalue weighted by Crippen LogP contribution is -2.22. The number of benzene rings is 2. The molecule has 0 saturated carbocycles. The van der Waals surface area contributed by atoms with E-state index in [4.69, 9.17) is 14.2 Å². The number of nitrogens with zero attached hydrogens (tertiary/aromatic N) is 3. The zero-order valence-electron chi connectivity index (χ0n) is 19.8. The zero-order valence-corrected chi connectivity index (χ0v) is 20.6. The zero-order chi connectivity index (χ0) is 24.9. The van der Waals surface area contributed by atoms with E-state index in [1.807, 2.05) is 61.5 Å². The number of amides is 1. The van der Waals surface area contributed by atoms with E-state index in [0.717, 1.165) is 28.0 Å². The predicted octanol–water partition coefficient (Wildman–Crippen LogP) is 6.02. The molecule has 0 aliphatic heterocycles. The molecule has 1 amide bonds. The Hall–Kier alpha value is -4.09. The number of hydrogen-bond acceptors (Lipinski definition) is 7. The standard InChI is InChI=1S/C27H24N4O3S/c1-16-5-7-19(8-6-16)22-14-24(20-9-11-21(33-4)12-10-20)29-27(23(22)15-28)35-18(3)26(32)30-25-13-17(2)34-31-25/h5-14,18H,1-4H3,(H,30,31,32). The van der Waals surface area contributed by atoms with Gasteiger partial charge in [0.2, 0.25) is 5.91 Å². The summed E-state index contributed by atoms with van der Waals surface area (Å²) in [6.45, 7) is 5.53. The number of methoxy groups -OCH3 is 1. The van der Waals surface area contributed by atoms with Crippen LogP contribution in [0.5, 0.6) is 5.75 Å². The van der Waals surface area contributed by atoms with Crippen molar-refractivity contribution in [3.63, 3.8) is 0 Å². The Balaban J connectivity index is 1.75. The molecule has 35 heavy (non-hydrogen) atoms. The van der Waals surface area contributed by atoms with Gasteiger partial charge >= 0.3 is 0 Å². The number of carbonyl (C=O) groups excluding carboxylic acids is 1. The number of aromatic nitrogens is 2. The van der Waals surface area contributed by atoms with Crippen LogP contribution in [0.1, 0.15) is 23.8 Å². The molecule has 1 N–H and O–H groups in total. The normalized spacial score (nSPS) is 11.5. The molecule has 0 spiro atoms. The fraction of sp³-hybridized carbons (Fsp3) is 0.185. The first kappa shape index (κ1) is 24.0. The molecule has 4 aromatic rings. The van der Waals surface area contributed by atoms with E-state index in [2.05, 4.69) is 16.5 Å². The first-order valence-corrected chi connectivity index (χ1v) is 11.8. The van der Waals surface area contributed by atoms with Crippen molar-refractivity contribution in [3.8, 4) is 34.2 Å². The summed E-state index contributed by atoms with van der Waals surface area (Å²) in [5.41, 5.74) is 4.79. The fourth-order valence-electron chi connectivity index (χ4n) is 3.46. The predicted molar refractivity (Wildman–Crippen MR) is 136 cm³/mol. The van der Waals surface area contributed by atoms with Gasteiger partial charge in [-0.05, 0) is 56.7 Å². The average Bonchev–Trinajstić information content (AvgIpc) is 3.28. The van der Waals surface area contributed by atoms with Crippen molar-refractivity contribution >= 4 is 23.5 Å². The summed E-state index contributed by atoms with van der Waals surface area (Å²) in [6.07, 6.45) is 0. The minimum atomic E-state index is -0.538. The molecule has 176 valence electrons. The van der Waals surface area contributed by atoms with E-state index >= 15 is 0 Å². The minimum absolute atomic E-state index is 0.263. The summed E-state index contributed by atoms with van der Waals surface area (Å²) in [4.78, 5) is 17.6. The van der Waals surface area contributed by atoms with Crippen LogP contribution >= 0.6 is 11.8 Å². The van der Waals surface area contributed by atoms with Gasteiger partial charge in [-0.25, -0.2) is 4.98 Å². The molecular formula is C27H24N4O3S. The van der Waals surface area contributed by atoms with Crippen LogP contribution in [0, 0.1) is 25.2 Å². The summed E-state index contributed by atoms with van der Waals surface area (Å²) >= 11 is 1.23. The number of nitrogens with one attached hydrogen (secondary N) is 1. The Labute approximate surface area is 208 Å². The molecule has 0 fully saturated rings. The molecule has 1 atom stereocenters. The first-order chi connectivity index (χ1) is 16.9. The third-order valence-electron chi connectivity index (χ3n) is 5.38. The number of aryl methyl sites for hydroxylation is 2. The Morgan fingerprint density at radius 2 is 1.77 bits per heavy atom. The maximum Gasteiger partial charge on any atom is 0.238 e. The van der Waals surface area contributed by atoms with E-state index in [-0.39, 0.29) is 5.91 Å². The average molecular weight is 485 g/mol.